The summed E-state index contributed by atoms with van der Waals surface area (Å²) in [6.07, 6.45) is -0.227. The van der Waals surface area contributed by atoms with E-state index in [1.807, 2.05) is 20.8 Å². The van der Waals surface area contributed by atoms with Gasteiger partial charge in [0.15, 0.2) is 0 Å². The van der Waals surface area contributed by atoms with E-state index in [0.717, 1.165) is 6.54 Å². The lowest BCUT2D eigenvalue weighted by Gasteiger charge is -2.35. The molecule has 20 heavy (non-hydrogen) atoms. The molecule has 0 saturated carbocycles. The molecular formula is C15H21IN2O2. The highest BCUT2D eigenvalue weighted by Crippen LogP contribution is 2.20. The molecule has 1 aliphatic rings. The number of carbonyl (C=O) groups excluding carboxylic acids is 1. The molecule has 0 bridgehead atoms. The fraction of sp³-hybridized carbons (Fsp3) is 0.533. The van der Waals surface area contributed by atoms with Gasteiger partial charge in [-0.3, -0.25) is 0 Å². The van der Waals surface area contributed by atoms with Crippen molar-refractivity contribution in [3.8, 4) is 0 Å². The minimum absolute atomic E-state index is 0.174. The molecule has 1 unspecified atom stereocenters. The molecule has 0 spiro atoms. The molecule has 1 aromatic rings. The third-order valence-electron chi connectivity index (χ3n) is 3.10. The molecule has 0 radical (unpaired) electrons. The van der Waals surface area contributed by atoms with Crippen LogP contribution in [-0.2, 0) is 4.74 Å². The molecule has 5 heteroatoms. The summed E-state index contributed by atoms with van der Waals surface area (Å²) in [4.78, 5) is 13.9. The van der Waals surface area contributed by atoms with Crippen LogP contribution in [0.1, 0.15) is 32.4 Å². The molecule has 1 saturated heterocycles. The summed E-state index contributed by atoms with van der Waals surface area (Å²) < 4.78 is 6.65. The van der Waals surface area contributed by atoms with Crippen LogP contribution >= 0.6 is 22.6 Å². The molecule has 1 fully saturated rings. The van der Waals surface area contributed by atoms with Crippen LogP contribution in [0.4, 0.5) is 4.79 Å². The van der Waals surface area contributed by atoms with Crippen molar-refractivity contribution in [1.29, 1.82) is 0 Å². The van der Waals surface area contributed by atoms with Crippen molar-refractivity contribution in [3.05, 3.63) is 33.4 Å². The fourth-order valence-corrected chi connectivity index (χ4v) is 2.52. The quantitative estimate of drug-likeness (QED) is 0.752. The zero-order valence-corrected chi connectivity index (χ0v) is 14.3. The summed E-state index contributed by atoms with van der Waals surface area (Å²) in [5, 5.41) is 3.45. The van der Waals surface area contributed by atoms with E-state index in [9.17, 15) is 4.79 Å². The van der Waals surface area contributed by atoms with Gasteiger partial charge in [-0.25, -0.2) is 4.79 Å². The Labute approximate surface area is 134 Å². The number of nitrogens with zero attached hydrogens (tertiary/aromatic N) is 1. The Kier molecular flexibility index (Phi) is 4.90. The molecule has 110 valence electrons. The van der Waals surface area contributed by atoms with E-state index in [2.05, 4.69) is 52.2 Å². The number of amides is 1. The molecular weight excluding hydrogens is 367 g/mol. The van der Waals surface area contributed by atoms with Gasteiger partial charge in [0, 0.05) is 23.2 Å². The summed E-state index contributed by atoms with van der Waals surface area (Å²) in [5.74, 6) is 0. The van der Waals surface area contributed by atoms with Gasteiger partial charge < -0.3 is 15.0 Å². The Morgan fingerprint density at radius 1 is 1.35 bits per heavy atom. The van der Waals surface area contributed by atoms with Crippen LogP contribution in [0.2, 0.25) is 0 Å². The van der Waals surface area contributed by atoms with Crippen molar-refractivity contribution in [3.63, 3.8) is 0 Å². The van der Waals surface area contributed by atoms with Gasteiger partial charge in [-0.15, -0.1) is 0 Å². The van der Waals surface area contributed by atoms with Crippen LogP contribution in [0.5, 0.6) is 0 Å². The largest absolute Gasteiger partial charge is 0.444 e. The van der Waals surface area contributed by atoms with E-state index in [1.54, 1.807) is 4.90 Å². The average molecular weight is 388 g/mol. The highest BCUT2D eigenvalue weighted by atomic mass is 127. The maximum atomic E-state index is 12.1. The molecule has 0 aromatic heterocycles. The monoisotopic (exact) mass is 388 g/mol. The minimum Gasteiger partial charge on any atom is -0.444 e. The SMILES string of the molecule is CC(C)(C)OC(=O)N1CCNC(c2ccc(I)cc2)C1. The second kappa shape index (κ2) is 6.30. The van der Waals surface area contributed by atoms with Crippen LogP contribution in [0, 0.1) is 3.57 Å². The Bertz CT molecular complexity index is 468. The lowest BCUT2D eigenvalue weighted by molar-refractivity contribution is 0.0195. The van der Waals surface area contributed by atoms with Crippen molar-refractivity contribution in [2.24, 2.45) is 0 Å². The number of ether oxygens (including phenoxy) is 1. The molecule has 1 heterocycles. The lowest BCUT2D eigenvalue weighted by atomic mass is 10.1. The van der Waals surface area contributed by atoms with Gasteiger partial charge in [0.2, 0.25) is 0 Å². The van der Waals surface area contributed by atoms with E-state index in [-0.39, 0.29) is 12.1 Å². The maximum absolute atomic E-state index is 12.1. The standard InChI is InChI=1S/C15H21IN2O2/c1-15(2,3)20-14(19)18-9-8-17-13(10-18)11-4-6-12(16)7-5-11/h4-7,13,17H,8-10H2,1-3H3. The Balaban J connectivity index is 2.01. The first-order chi connectivity index (χ1) is 9.35. The zero-order chi connectivity index (χ0) is 14.8. The van der Waals surface area contributed by atoms with E-state index in [4.69, 9.17) is 4.74 Å². The van der Waals surface area contributed by atoms with Crippen molar-refractivity contribution >= 4 is 28.7 Å². The maximum Gasteiger partial charge on any atom is 0.410 e. The van der Waals surface area contributed by atoms with Gasteiger partial charge in [-0.05, 0) is 61.1 Å². The number of piperazine rings is 1. The first-order valence-corrected chi connectivity index (χ1v) is 7.90. The highest BCUT2D eigenvalue weighted by Gasteiger charge is 2.27. The Morgan fingerprint density at radius 2 is 2.00 bits per heavy atom. The number of hydrogen-bond acceptors (Lipinski definition) is 3. The number of benzene rings is 1. The van der Waals surface area contributed by atoms with E-state index >= 15 is 0 Å². The van der Waals surface area contributed by atoms with Crippen molar-refractivity contribution < 1.29 is 9.53 Å². The molecule has 0 aliphatic carbocycles. The Morgan fingerprint density at radius 3 is 2.60 bits per heavy atom. The second-order valence-electron chi connectivity index (χ2n) is 5.98. The third kappa shape index (κ3) is 4.34. The van der Waals surface area contributed by atoms with Crippen LogP contribution in [0.25, 0.3) is 0 Å². The number of rotatable bonds is 1. The summed E-state index contributed by atoms with van der Waals surface area (Å²) in [6.45, 7) is 7.80. The topological polar surface area (TPSA) is 41.6 Å². The van der Waals surface area contributed by atoms with Gasteiger partial charge in [0.25, 0.3) is 0 Å². The molecule has 1 amide bonds. The van der Waals surface area contributed by atoms with Crippen LogP contribution in [-0.4, -0.2) is 36.2 Å². The van der Waals surface area contributed by atoms with Crippen LogP contribution in [0.3, 0.4) is 0 Å². The second-order valence-corrected chi connectivity index (χ2v) is 7.23. The van der Waals surface area contributed by atoms with Crippen molar-refractivity contribution in [1.82, 2.24) is 10.2 Å². The number of hydrogen-bond donors (Lipinski definition) is 1. The van der Waals surface area contributed by atoms with Crippen LogP contribution < -0.4 is 5.32 Å². The van der Waals surface area contributed by atoms with Gasteiger partial charge in [0.05, 0.1) is 6.04 Å². The number of halogens is 1. The van der Waals surface area contributed by atoms with E-state index < -0.39 is 5.60 Å². The van der Waals surface area contributed by atoms with E-state index in [0.29, 0.717) is 13.1 Å². The Hall–Kier alpha value is -0.820. The summed E-state index contributed by atoms with van der Waals surface area (Å²) in [5.41, 5.74) is 0.763. The molecule has 2 rings (SSSR count). The average Bonchev–Trinajstić information content (AvgIpc) is 2.38. The van der Waals surface area contributed by atoms with Gasteiger partial charge >= 0.3 is 6.09 Å². The van der Waals surface area contributed by atoms with Gasteiger partial charge in [-0.1, -0.05) is 12.1 Å². The van der Waals surface area contributed by atoms with Crippen LogP contribution in [0.15, 0.2) is 24.3 Å². The van der Waals surface area contributed by atoms with Gasteiger partial charge in [-0.2, -0.15) is 0 Å². The summed E-state index contributed by atoms with van der Waals surface area (Å²) in [6, 6.07) is 8.57. The molecule has 1 aliphatic heterocycles. The zero-order valence-electron chi connectivity index (χ0n) is 12.1. The van der Waals surface area contributed by atoms with Crippen molar-refractivity contribution in [2.45, 2.75) is 32.4 Å². The predicted octanol–water partition coefficient (Wildman–Crippen LogP) is 3.17. The molecule has 1 N–H and O–H groups in total. The first kappa shape index (κ1) is 15.6. The smallest absolute Gasteiger partial charge is 0.410 e. The minimum atomic E-state index is -0.444. The predicted molar refractivity (Wildman–Crippen MR) is 87.7 cm³/mol. The first-order valence-electron chi connectivity index (χ1n) is 6.82. The summed E-state index contributed by atoms with van der Waals surface area (Å²) in [7, 11) is 0. The molecule has 1 aromatic carbocycles. The summed E-state index contributed by atoms with van der Waals surface area (Å²) >= 11 is 2.29. The van der Waals surface area contributed by atoms with E-state index in [1.165, 1.54) is 9.13 Å². The van der Waals surface area contributed by atoms with Gasteiger partial charge in [0.1, 0.15) is 5.60 Å². The third-order valence-corrected chi connectivity index (χ3v) is 3.82. The normalized spacial score (nSPS) is 19.8. The molecule has 1 atom stereocenters. The lowest BCUT2D eigenvalue weighted by Crippen LogP contribution is -2.49. The highest BCUT2D eigenvalue weighted by molar-refractivity contribution is 14.1. The fourth-order valence-electron chi connectivity index (χ4n) is 2.16. The molecule has 4 nitrogen and oxygen atoms in total. The van der Waals surface area contributed by atoms with Crippen molar-refractivity contribution in [2.75, 3.05) is 19.6 Å². The number of nitrogens with one attached hydrogen (secondary N) is 1. The number of carbonyl (C=O) groups is 1.